The smallest absolute Gasteiger partial charge is 0.249 e. The van der Waals surface area contributed by atoms with Crippen LogP contribution in [0.5, 0.6) is 0 Å². The lowest BCUT2D eigenvalue weighted by molar-refractivity contribution is -0.144. The lowest BCUT2D eigenvalue weighted by Crippen LogP contribution is -2.55. The van der Waals surface area contributed by atoms with E-state index in [2.05, 4.69) is 20.2 Å². The molecule has 4 heterocycles. The van der Waals surface area contributed by atoms with Crippen molar-refractivity contribution in [3.8, 4) is 0 Å². The molecular formula is C22H27ClN6O5S3. The molecule has 0 bridgehead atoms. The number of thiophene rings is 1. The number of anilines is 1. The number of carbonyl (C=O) groups is 3. The molecule has 2 fully saturated rings. The van der Waals surface area contributed by atoms with E-state index in [0.29, 0.717) is 59.5 Å². The highest BCUT2D eigenvalue weighted by Gasteiger charge is 2.37. The number of hydrogen-bond acceptors (Lipinski definition) is 9. The maximum atomic E-state index is 13.1. The Bertz CT molecular complexity index is 1290. The molecule has 0 saturated carbocycles. The fraction of sp³-hybridized carbons (Fsp3) is 0.500. The molecule has 2 aromatic heterocycles. The van der Waals surface area contributed by atoms with E-state index in [1.54, 1.807) is 12.1 Å². The minimum absolute atomic E-state index is 0.219. The molecule has 0 spiro atoms. The number of nitrogens with zero attached hydrogens (tertiary/aromatic N) is 4. The van der Waals surface area contributed by atoms with Gasteiger partial charge >= 0.3 is 0 Å². The Labute approximate surface area is 227 Å². The molecule has 4 rings (SSSR count). The maximum absolute atomic E-state index is 13.1. The van der Waals surface area contributed by atoms with Crippen molar-refractivity contribution in [2.45, 2.75) is 51.1 Å². The van der Waals surface area contributed by atoms with Gasteiger partial charge in [0.2, 0.25) is 32.9 Å². The second-order valence-corrected chi connectivity index (χ2v) is 13.1. The number of likely N-dealkylation sites (tertiary alicyclic amines) is 2. The molecule has 2 aromatic rings. The van der Waals surface area contributed by atoms with Gasteiger partial charge in [-0.3, -0.25) is 19.7 Å². The van der Waals surface area contributed by atoms with Gasteiger partial charge in [-0.1, -0.05) is 29.9 Å². The van der Waals surface area contributed by atoms with Crippen LogP contribution in [0.2, 0.25) is 4.34 Å². The minimum Gasteiger partial charge on any atom is -0.332 e. The number of aromatic nitrogens is 2. The summed E-state index contributed by atoms with van der Waals surface area (Å²) in [7, 11) is -3.89. The van der Waals surface area contributed by atoms with Crippen LogP contribution in [0.1, 0.15) is 42.5 Å². The first-order chi connectivity index (χ1) is 17.6. The van der Waals surface area contributed by atoms with Crippen molar-refractivity contribution in [1.82, 2.24) is 24.7 Å². The van der Waals surface area contributed by atoms with Gasteiger partial charge in [0, 0.05) is 23.4 Å². The van der Waals surface area contributed by atoms with E-state index in [9.17, 15) is 22.8 Å². The van der Waals surface area contributed by atoms with E-state index >= 15 is 0 Å². The van der Waals surface area contributed by atoms with Crippen molar-refractivity contribution in [1.29, 1.82) is 0 Å². The van der Waals surface area contributed by atoms with Gasteiger partial charge in [0.05, 0.1) is 10.9 Å². The van der Waals surface area contributed by atoms with Crippen molar-refractivity contribution in [3.63, 3.8) is 0 Å². The topological polar surface area (TPSA) is 142 Å². The molecule has 2 N–H and O–H groups in total. The number of rotatable bonds is 9. The zero-order valence-electron chi connectivity index (χ0n) is 20.1. The highest BCUT2D eigenvalue weighted by Crippen LogP contribution is 2.24. The van der Waals surface area contributed by atoms with E-state index < -0.39 is 28.0 Å². The molecule has 200 valence electrons. The first-order valence-electron chi connectivity index (χ1n) is 11.8. The summed E-state index contributed by atoms with van der Waals surface area (Å²) in [6.45, 7) is 2.47. The summed E-state index contributed by atoms with van der Waals surface area (Å²) in [6.07, 6.45) is 4.17. The molecule has 11 nitrogen and oxygen atoms in total. The predicted octanol–water partition coefficient (Wildman–Crippen LogP) is 2.33. The lowest BCUT2D eigenvalue weighted by Gasteiger charge is -2.33. The second-order valence-electron chi connectivity index (χ2n) is 8.65. The lowest BCUT2D eigenvalue weighted by atomic mass is 10.1. The van der Waals surface area contributed by atoms with Gasteiger partial charge in [0.1, 0.15) is 17.1 Å². The number of hydrogen-bond donors (Lipinski definition) is 2. The van der Waals surface area contributed by atoms with Crippen molar-refractivity contribution in [2.75, 3.05) is 25.0 Å². The average Bonchev–Trinajstić information content (AvgIpc) is 3.61. The summed E-state index contributed by atoms with van der Waals surface area (Å²) in [6, 6.07) is 1.73. The van der Waals surface area contributed by atoms with Crippen molar-refractivity contribution in [3.05, 3.63) is 31.8 Å². The second kappa shape index (κ2) is 12.0. The molecule has 2 saturated heterocycles. The Morgan fingerprint density at radius 1 is 1.19 bits per heavy atom. The summed E-state index contributed by atoms with van der Waals surface area (Å²) >= 11 is 8.39. The van der Waals surface area contributed by atoms with E-state index in [-0.39, 0.29) is 18.4 Å². The predicted molar refractivity (Wildman–Crippen MR) is 143 cm³/mol. The number of amides is 3. The summed E-state index contributed by atoms with van der Waals surface area (Å²) in [5.74, 6) is -1.15. The molecule has 2 aliphatic heterocycles. The van der Waals surface area contributed by atoms with Crippen LogP contribution >= 0.6 is 34.3 Å². The SMILES string of the molecule is CCc1nnc(NC(=O)[C@@H]2CCCN2C(=O)CN2CCC[C@H](NS(=O)(=O)/C=C/c3ccc(Cl)s3)C2=O)s1. The Hall–Kier alpha value is -2.39. The van der Waals surface area contributed by atoms with Crippen LogP contribution in [0.15, 0.2) is 17.5 Å². The summed E-state index contributed by atoms with van der Waals surface area (Å²) in [5.41, 5.74) is 0. The van der Waals surface area contributed by atoms with Crippen LogP contribution in [0.4, 0.5) is 5.13 Å². The first kappa shape index (κ1) is 27.6. The Kier molecular flexibility index (Phi) is 8.95. The zero-order valence-corrected chi connectivity index (χ0v) is 23.3. The number of sulfonamides is 1. The number of piperidine rings is 1. The molecule has 2 aliphatic rings. The van der Waals surface area contributed by atoms with Crippen LogP contribution < -0.4 is 10.0 Å². The molecule has 0 radical (unpaired) electrons. The normalized spacial score (nSPS) is 20.6. The number of carbonyl (C=O) groups excluding carboxylic acids is 3. The van der Waals surface area contributed by atoms with Gasteiger partial charge in [0.25, 0.3) is 0 Å². The van der Waals surface area contributed by atoms with E-state index in [4.69, 9.17) is 11.6 Å². The largest absolute Gasteiger partial charge is 0.332 e. The van der Waals surface area contributed by atoms with Crippen LogP contribution in [0, 0.1) is 0 Å². The Balaban J connectivity index is 1.34. The molecule has 37 heavy (non-hydrogen) atoms. The van der Waals surface area contributed by atoms with Gasteiger partial charge in [-0.05, 0) is 50.3 Å². The van der Waals surface area contributed by atoms with Gasteiger partial charge < -0.3 is 9.80 Å². The number of nitrogens with one attached hydrogen (secondary N) is 2. The summed E-state index contributed by atoms with van der Waals surface area (Å²) in [5, 5.41) is 12.9. The molecular weight excluding hydrogens is 560 g/mol. The van der Waals surface area contributed by atoms with Crippen molar-refractivity contribution < 1.29 is 22.8 Å². The van der Waals surface area contributed by atoms with E-state index in [1.807, 2.05) is 6.92 Å². The van der Waals surface area contributed by atoms with Crippen LogP contribution in [-0.2, 0) is 30.8 Å². The number of halogens is 1. The van der Waals surface area contributed by atoms with E-state index in [1.165, 1.54) is 38.5 Å². The number of aryl methyl sites for hydroxylation is 1. The molecule has 0 aromatic carbocycles. The molecule has 2 atom stereocenters. The molecule has 15 heteroatoms. The van der Waals surface area contributed by atoms with Crippen LogP contribution in [-0.4, -0.2) is 77.9 Å². The third-order valence-electron chi connectivity index (χ3n) is 6.04. The Morgan fingerprint density at radius 3 is 2.68 bits per heavy atom. The van der Waals surface area contributed by atoms with Crippen molar-refractivity contribution in [2.24, 2.45) is 0 Å². The third kappa shape index (κ3) is 7.13. The Morgan fingerprint density at radius 2 is 1.97 bits per heavy atom. The summed E-state index contributed by atoms with van der Waals surface area (Å²) in [4.78, 5) is 42.4. The monoisotopic (exact) mass is 586 g/mol. The minimum atomic E-state index is -3.89. The third-order valence-corrected chi connectivity index (χ3v) is 9.33. The highest BCUT2D eigenvalue weighted by atomic mass is 35.5. The summed E-state index contributed by atoms with van der Waals surface area (Å²) < 4.78 is 28.0. The quantitative estimate of drug-likeness (QED) is 0.459. The van der Waals surface area contributed by atoms with Crippen LogP contribution in [0.3, 0.4) is 0 Å². The van der Waals surface area contributed by atoms with Crippen molar-refractivity contribution >= 4 is 73.2 Å². The fourth-order valence-corrected chi connectivity index (χ4v) is 7.00. The standard InChI is InChI=1S/C22H27ClN6O5S3/c1-2-18-25-26-22(36-18)24-20(31)16-6-4-11-29(16)19(30)13-28-10-3-5-15(21(28)32)27-37(33,34)12-9-14-7-8-17(23)35-14/h7-9,12,15-16,27H,2-6,10-11,13H2,1H3,(H,24,26,31)/b12-9+/t15-,16-/m0/s1. The van der Waals surface area contributed by atoms with E-state index in [0.717, 1.165) is 10.4 Å². The molecule has 0 unspecified atom stereocenters. The highest BCUT2D eigenvalue weighted by molar-refractivity contribution is 7.92. The van der Waals surface area contributed by atoms with Gasteiger partial charge in [-0.2, -0.15) is 4.72 Å². The van der Waals surface area contributed by atoms with Gasteiger partial charge in [0.15, 0.2) is 0 Å². The molecule has 0 aliphatic carbocycles. The van der Waals surface area contributed by atoms with Gasteiger partial charge in [-0.25, -0.2) is 8.42 Å². The average molecular weight is 587 g/mol. The fourth-order valence-electron chi connectivity index (χ4n) is 4.25. The van der Waals surface area contributed by atoms with Crippen LogP contribution in [0.25, 0.3) is 6.08 Å². The molecule has 3 amide bonds. The first-order valence-corrected chi connectivity index (χ1v) is 15.4. The zero-order chi connectivity index (χ0) is 26.6. The maximum Gasteiger partial charge on any atom is 0.249 e. The van der Waals surface area contributed by atoms with Gasteiger partial charge in [-0.15, -0.1) is 21.5 Å².